The van der Waals surface area contributed by atoms with Crippen LogP contribution in [0.3, 0.4) is 0 Å². The van der Waals surface area contributed by atoms with E-state index in [9.17, 15) is 9.59 Å². The van der Waals surface area contributed by atoms with Crippen molar-refractivity contribution < 1.29 is 14.5 Å². The minimum atomic E-state index is -1.01. The number of carbonyl (C=O) groups excluding carboxylic acids is 2. The molecule has 1 saturated heterocycles. The lowest BCUT2D eigenvalue weighted by molar-refractivity contribution is -0.856. The Bertz CT molecular complexity index is 822. The van der Waals surface area contributed by atoms with E-state index >= 15 is 0 Å². The number of rotatable bonds is 6. The SMILES string of the molecule is C[NH+](C)CCN=CC1C(=O)N(c2ccccc2)C(=S)N(c2ccccc2)C1=O. The van der Waals surface area contributed by atoms with Gasteiger partial charge in [-0.1, -0.05) is 36.4 Å². The molecule has 3 rings (SSSR count). The Morgan fingerprint density at radius 1 is 0.929 bits per heavy atom. The first-order valence-electron chi connectivity index (χ1n) is 9.11. The lowest BCUT2D eigenvalue weighted by Crippen LogP contribution is -3.06. The van der Waals surface area contributed by atoms with E-state index in [1.807, 2.05) is 50.5 Å². The molecule has 0 unspecified atom stereocenters. The topological polar surface area (TPSA) is 57.4 Å². The van der Waals surface area contributed by atoms with Crippen LogP contribution in [0.15, 0.2) is 65.7 Å². The Labute approximate surface area is 170 Å². The van der Waals surface area contributed by atoms with Crippen molar-refractivity contribution in [2.75, 3.05) is 37.0 Å². The number of hydrogen-bond acceptors (Lipinski definition) is 4. The Morgan fingerprint density at radius 2 is 1.39 bits per heavy atom. The van der Waals surface area contributed by atoms with Gasteiger partial charge in [0, 0.05) is 6.21 Å². The van der Waals surface area contributed by atoms with E-state index in [-0.39, 0.29) is 16.9 Å². The minimum absolute atomic E-state index is 0.148. The third-order valence-corrected chi connectivity index (χ3v) is 4.74. The summed E-state index contributed by atoms with van der Waals surface area (Å²) in [5, 5.41) is 0.148. The standard InChI is InChI=1S/C21H22N4O2S/c1-23(2)14-13-22-15-18-19(26)24(16-9-5-3-6-10-16)21(28)25(20(18)27)17-11-7-4-8-12-17/h3-12,15,18H,13-14H2,1-2H3/p+1. The van der Waals surface area contributed by atoms with E-state index in [1.165, 1.54) is 20.9 Å². The van der Waals surface area contributed by atoms with Gasteiger partial charge >= 0.3 is 0 Å². The highest BCUT2D eigenvalue weighted by Crippen LogP contribution is 2.28. The lowest BCUT2D eigenvalue weighted by atomic mass is 10.0. The number of para-hydroxylation sites is 2. The maximum atomic E-state index is 13.1. The Balaban J connectivity index is 1.98. The molecule has 0 aliphatic carbocycles. The molecule has 2 aromatic carbocycles. The van der Waals surface area contributed by atoms with Gasteiger partial charge in [-0.25, -0.2) is 0 Å². The zero-order chi connectivity index (χ0) is 20.1. The molecule has 6 nitrogen and oxygen atoms in total. The average molecular weight is 396 g/mol. The first-order valence-corrected chi connectivity index (χ1v) is 9.52. The molecule has 1 aliphatic rings. The van der Waals surface area contributed by atoms with Crippen molar-refractivity contribution >= 4 is 46.7 Å². The van der Waals surface area contributed by atoms with Gasteiger partial charge in [0.2, 0.25) is 0 Å². The second-order valence-corrected chi connectivity index (χ2v) is 7.16. The van der Waals surface area contributed by atoms with Crippen LogP contribution in [0, 0.1) is 5.92 Å². The summed E-state index contributed by atoms with van der Waals surface area (Å²) in [7, 11) is 4.05. The van der Waals surface area contributed by atoms with Gasteiger partial charge in [-0.3, -0.25) is 24.4 Å². The van der Waals surface area contributed by atoms with Crippen molar-refractivity contribution in [2.24, 2.45) is 10.9 Å². The van der Waals surface area contributed by atoms with Crippen molar-refractivity contribution in [3.8, 4) is 0 Å². The molecule has 28 heavy (non-hydrogen) atoms. The fraction of sp³-hybridized carbons (Fsp3) is 0.238. The number of thiocarbonyl (C=S) groups is 1. The number of quaternary nitrogens is 1. The summed E-state index contributed by atoms with van der Waals surface area (Å²) in [6.45, 7) is 1.36. The van der Waals surface area contributed by atoms with E-state index in [0.29, 0.717) is 17.9 Å². The molecule has 0 atom stereocenters. The smallest absolute Gasteiger partial charge is 0.251 e. The summed E-state index contributed by atoms with van der Waals surface area (Å²) in [4.78, 5) is 34.7. The summed E-state index contributed by atoms with van der Waals surface area (Å²) in [6.07, 6.45) is 1.46. The zero-order valence-electron chi connectivity index (χ0n) is 15.9. The number of aliphatic imine (C=N–C) groups is 1. The van der Waals surface area contributed by atoms with Crippen LogP contribution in [0.25, 0.3) is 0 Å². The predicted octanol–water partition coefficient (Wildman–Crippen LogP) is 1.18. The largest absolute Gasteiger partial charge is 0.338 e. The van der Waals surface area contributed by atoms with E-state index in [1.54, 1.807) is 24.3 Å². The monoisotopic (exact) mass is 395 g/mol. The number of nitrogens with zero attached hydrogens (tertiary/aromatic N) is 3. The van der Waals surface area contributed by atoms with Crippen molar-refractivity contribution in [3.05, 3.63) is 60.7 Å². The van der Waals surface area contributed by atoms with Crippen LogP contribution in [-0.2, 0) is 9.59 Å². The molecule has 0 radical (unpaired) electrons. The molecule has 0 aromatic heterocycles. The molecular formula is C21H23N4O2S+. The van der Waals surface area contributed by atoms with Crippen LogP contribution < -0.4 is 14.7 Å². The third-order valence-electron chi connectivity index (χ3n) is 4.38. The number of hydrogen-bond donors (Lipinski definition) is 1. The van der Waals surface area contributed by atoms with Crippen LogP contribution in [0.2, 0.25) is 0 Å². The second-order valence-electron chi connectivity index (χ2n) is 6.79. The van der Waals surface area contributed by atoms with E-state index in [4.69, 9.17) is 12.2 Å². The molecule has 1 aliphatic heterocycles. The van der Waals surface area contributed by atoms with E-state index in [0.717, 1.165) is 6.54 Å². The fourth-order valence-electron chi connectivity index (χ4n) is 2.90. The van der Waals surface area contributed by atoms with Gasteiger partial charge in [0.1, 0.15) is 0 Å². The van der Waals surface area contributed by atoms with Crippen molar-refractivity contribution in [2.45, 2.75) is 0 Å². The Morgan fingerprint density at radius 3 is 1.82 bits per heavy atom. The molecule has 2 amide bonds. The van der Waals surface area contributed by atoms with Gasteiger partial charge in [0.25, 0.3) is 11.8 Å². The average Bonchev–Trinajstić information content (AvgIpc) is 2.69. The lowest BCUT2D eigenvalue weighted by Gasteiger charge is -2.38. The number of nitrogens with one attached hydrogen (secondary N) is 1. The molecule has 0 bridgehead atoms. The maximum Gasteiger partial charge on any atom is 0.251 e. The number of carbonyl (C=O) groups is 2. The molecule has 1 fully saturated rings. The quantitative estimate of drug-likeness (QED) is 0.454. The first-order chi connectivity index (χ1) is 13.5. The third kappa shape index (κ3) is 4.16. The highest BCUT2D eigenvalue weighted by atomic mass is 32.1. The zero-order valence-corrected chi connectivity index (χ0v) is 16.7. The highest BCUT2D eigenvalue weighted by Gasteiger charge is 2.44. The summed E-state index contributed by atoms with van der Waals surface area (Å²) in [5.74, 6) is -1.77. The molecule has 7 heteroatoms. The predicted molar refractivity (Wildman–Crippen MR) is 115 cm³/mol. The molecule has 1 heterocycles. The van der Waals surface area contributed by atoms with Gasteiger partial charge in [-0.2, -0.15) is 0 Å². The first kappa shape index (κ1) is 19.9. The number of benzene rings is 2. The summed E-state index contributed by atoms with van der Waals surface area (Å²) in [6, 6.07) is 18.2. The molecule has 1 N–H and O–H groups in total. The van der Waals surface area contributed by atoms with Gasteiger partial charge in [0.05, 0.1) is 38.6 Å². The Hall–Kier alpha value is -2.90. The van der Waals surface area contributed by atoms with Crippen LogP contribution in [0.4, 0.5) is 11.4 Å². The molecule has 144 valence electrons. The van der Waals surface area contributed by atoms with E-state index in [2.05, 4.69) is 4.99 Å². The maximum absolute atomic E-state index is 13.1. The number of likely N-dealkylation sites (N-methyl/N-ethyl adjacent to an activating group) is 1. The fourth-order valence-corrected chi connectivity index (χ4v) is 3.29. The van der Waals surface area contributed by atoms with E-state index < -0.39 is 5.92 Å². The highest BCUT2D eigenvalue weighted by molar-refractivity contribution is 7.81. The summed E-state index contributed by atoms with van der Waals surface area (Å²) in [5.41, 5.74) is 1.25. The normalized spacial score (nSPS) is 15.9. The van der Waals surface area contributed by atoms with Crippen molar-refractivity contribution in [1.82, 2.24) is 0 Å². The molecule has 0 saturated carbocycles. The molecule has 0 spiro atoms. The van der Waals surface area contributed by atoms with Gasteiger partial charge < -0.3 is 4.90 Å². The summed E-state index contributed by atoms with van der Waals surface area (Å²) < 4.78 is 0. The van der Waals surface area contributed by atoms with Gasteiger partial charge in [-0.05, 0) is 36.5 Å². The molecule has 2 aromatic rings. The molecular weight excluding hydrogens is 372 g/mol. The van der Waals surface area contributed by atoms with Crippen LogP contribution in [0.5, 0.6) is 0 Å². The van der Waals surface area contributed by atoms with Gasteiger partial charge in [-0.15, -0.1) is 0 Å². The van der Waals surface area contributed by atoms with Crippen LogP contribution in [0.1, 0.15) is 0 Å². The minimum Gasteiger partial charge on any atom is -0.338 e. The number of amides is 2. The van der Waals surface area contributed by atoms with Gasteiger partial charge in [0.15, 0.2) is 11.0 Å². The van der Waals surface area contributed by atoms with Crippen molar-refractivity contribution in [1.29, 1.82) is 0 Å². The summed E-state index contributed by atoms with van der Waals surface area (Å²) >= 11 is 5.55. The second kappa shape index (κ2) is 8.86. The van der Waals surface area contributed by atoms with Crippen molar-refractivity contribution in [3.63, 3.8) is 0 Å². The number of anilines is 2. The van der Waals surface area contributed by atoms with Crippen LogP contribution in [-0.4, -0.2) is 50.3 Å². The van der Waals surface area contributed by atoms with Crippen LogP contribution >= 0.6 is 12.2 Å². The Kier molecular flexibility index (Phi) is 6.28.